The third-order valence-electron chi connectivity index (χ3n) is 4.45. The number of nitrogens with zero attached hydrogens (tertiary/aromatic N) is 2. The van der Waals surface area contributed by atoms with Crippen molar-refractivity contribution < 1.29 is 14.3 Å². The van der Waals surface area contributed by atoms with E-state index in [2.05, 4.69) is 0 Å². The van der Waals surface area contributed by atoms with Gasteiger partial charge in [0, 0.05) is 24.0 Å². The van der Waals surface area contributed by atoms with Crippen molar-refractivity contribution in [1.82, 2.24) is 9.80 Å². The molecule has 0 saturated carbocycles. The SMILES string of the molecule is Cc1ccc2c(CC(=O)N3CC[C@@](O)(CN(C)C)C3)coc2c1. The summed E-state index contributed by atoms with van der Waals surface area (Å²) >= 11 is 0. The molecule has 23 heavy (non-hydrogen) atoms. The molecule has 2 heterocycles. The van der Waals surface area contributed by atoms with Crippen LogP contribution in [-0.4, -0.2) is 60.1 Å². The van der Waals surface area contributed by atoms with Gasteiger partial charge in [-0.2, -0.15) is 0 Å². The first-order valence-electron chi connectivity index (χ1n) is 7.98. The third-order valence-corrected chi connectivity index (χ3v) is 4.45. The fraction of sp³-hybridized carbons (Fsp3) is 0.500. The monoisotopic (exact) mass is 316 g/mol. The summed E-state index contributed by atoms with van der Waals surface area (Å²) in [6.07, 6.45) is 2.61. The molecule has 3 rings (SSSR count). The Morgan fingerprint density at radius 1 is 1.43 bits per heavy atom. The summed E-state index contributed by atoms with van der Waals surface area (Å²) in [7, 11) is 3.87. The van der Waals surface area contributed by atoms with Crippen LogP contribution in [0.1, 0.15) is 17.5 Å². The summed E-state index contributed by atoms with van der Waals surface area (Å²) in [4.78, 5) is 16.3. The quantitative estimate of drug-likeness (QED) is 0.934. The van der Waals surface area contributed by atoms with Crippen molar-refractivity contribution in [2.24, 2.45) is 0 Å². The number of amides is 1. The van der Waals surface area contributed by atoms with Crippen LogP contribution >= 0.6 is 0 Å². The number of carbonyl (C=O) groups excluding carboxylic acids is 1. The van der Waals surface area contributed by atoms with E-state index in [0.717, 1.165) is 22.1 Å². The summed E-state index contributed by atoms with van der Waals surface area (Å²) in [5.74, 6) is 0.0444. The molecule has 0 unspecified atom stereocenters. The Kier molecular flexibility index (Phi) is 4.17. The van der Waals surface area contributed by atoms with E-state index >= 15 is 0 Å². The molecule has 1 amide bonds. The molecular weight excluding hydrogens is 292 g/mol. The van der Waals surface area contributed by atoms with Crippen molar-refractivity contribution in [1.29, 1.82) is 0 Å². The highest BCUT2D eigenvalue weighted by molar-refractivity contribution is 5.88. The zero-order valence-electron chi connectivity index (χ0n) is 14.0. The fourth-order valence-electron chi connectivity index (χ4n) is 3.39. The van der Waals surface area contributed by atoms with Crippen LogP contribution in [0.3, 0.4) is 0 Å². The van der Waals surface area contributed by atoms with Crippen LogP contribution in [0.25, 0.3) is 11.0 Å². The van der Waals surface area contributed by atoms with Crippen molar-refractivity contribution in [2.45, 2.75) is 25.4 Å². The van der Waals surface area contributed by atoms with E-state index in [0.29, 0.717) is 32.5 Å². The van der Waals surface area contributed by atoms with Gasteiger partial charge < -0.3 is 19.3 Å². The van der Waals surface area contributed by atoms with Gasteiger partial charge in [0.1, 0.15) is 5.58 Å². The molecule has 1 saturated heterocycles. The molecular formula is C18H24N2O3. The maximum absolute atomic E-state index is 12.6. The average Bonchev–Trinajstić information content (AvgIpc) is 3.02. The van der Waals surface area contributed by atoms with Gasteiger partial charge in [-0.1, -0.05) is 12.1 Å². The predicted octanol–water partition coefficient (Wildman–Crippen LogP) is 1.81. The number of β-amino-alcohol motifs (C(OH)–C–C–N with tert-alkyl or cyclic N) is 1. The van der Waals surface area contributed by atoms with Gasteiger partial charge >= 0.3 is 0 Å². The molecule has 0 aliphatic carbocycles. The molecule has 5 heteroatoms. The minimum Gasteiger partial charge on any atom is -0.464 e. The van der Waals surface area contributed by atoms with Crippen LogP contribution in [0.5, 0.6) is 0 Å². The Balaban J connectivity index is 1.70. The lowest BCUT2D eigenvalue weighted by Crippen LogP contribution is -2.43. The molecule has 0 spiro atoms. The second-order valence-corrected chi connectivity index (χ2v) is 6.96. The lowest BCUT2D eigenvalue weighted by molar-refractivity contribution is -0.130. The van der Waals surface area contributed by atoms with Gasteiger partial charge in [0.2, 0.25) is 5.91 Å². The molecule has 1 aromatic heterocycles. The molecule has 1 aromatic carbocycles. The topological polar surface area (TPSA) is 56.9 Å². The van der Waals surface area contributed by atoms with Crippen LogP contribution in [0.4, 0.5) is 0 Å². The summed E-state index contributed by atoms with van der Waals surface area (Å²) in [5.41, 5.74) is 2.07. The number of aliphatic hydroxyl groups is 1. The minimum absolute atomic E-state index is 0.0444. The maximum Gasteiger partial charge on any atom is 0.227 e. The van der Waals surface area contributed by atoms with E-state index in [-0.39, 0.29) is 5.91 Å². The van der Waals surface area contributed by atoms with Crippen molar-refractivity contribution in [3.63, 3.8) is 0 Å². The number of fused-ring (bicyclic) bond motifs is 1. The number of likely N-dealkylation sites (tertiary alicyclic amines) is 1. The third kappa shape index (κ3) is 3.41. The van der Waals surface area contributed by atoms with Gasteiger partial charge in [-0.3, -0.25) is 4.79 Å². The number of benzene rings is 1. The summed E-state index contributed by atoms with van der Waals surface area (Å²) < 4.78 is 5.56. The number of furan rings is 1. The summed E-state index contributed by atoms with van der Waals surface area (Å²) in [6, 6.07) is 6.01. The second kappa shape index (κ2) is 5.98. The minimum atomic E-state index is -0.797. The van der Waals surface area contributed by atoms with E-state index in [1.807, 2.05) is 44.1 Å². The van der Waals surface area contributed by atoms with E-state index in [4.69, 9.17) is 4.42 Å². The lowest BCUT2D eigenvalue weighted by atomic mass is 10.0. The second-order valence-electron chi connectivity index (χ2n) is 6.96. The highest BCUT2D eigenvalue weighted by Crippen LogP contribution is 2.26. The number of hydrogen-bond acceptors (Lipinski definition) is 4. The maximum atomic E-state index is 12.6. The summed E-state index contributed by atoms with van der Waals surface area (Å²) in [5, 5.41) is 11.5. The van der Waals surface area contributed by atoms with Crippen molar-refractivity contribution in [3.05, 3.63) is 35.6 Å². The van der Waals surface area contributed by atoms with Gasteiger partial charge in [-0.15, -0.1) is 0 Å². The van der Waals surface area contributed by atoms with Crippen LogP contribution in [0.2, 0.25) is 0 Å². The lowest BCUT2D eigenvalue weighted by Gasteiger charge is -2.26. The number of rotatable bonds is 4. The fourth-order valence-corrected chi connectivity index (χ4v) is 3.39. The molecule has 1 aliphatic heterocycles. The summed E-state index contributed by atoms with van der Waals surface area (Å²) in [6.45, 7) is 3.60. The van der Waals surface area contributed by atoms with Crippen LogP contribution in [0.15, 0.2) is 28.9 Å². The zero-order valence-corrected chi connectivity index (χ0v) is 14.0. The largest absolute Gasteiger partial charge is 0.464 e. The Morgan fingerprint density at radius 3 is 2.96 bits per heavy atom. The van der Waals surface area contributed by atoms with Crippen molar-refractivity contribution in [3.8, 4) is 0 Å². The highest BCUT2D eigenvalue weighted by Gasteiger charge is 2.38. The first-order valence-corrected chi connectivity index (χ1v) is 7.98. The molecule has 124 valence electrons. The molecule has 1 atom stereocenters. The molecule has 1 fully saturated rings. The van der Waals surface area contributed by atoms with Gasteiger partial charge in [0.25, 0.3) is 0 Å². The predicted molar refractivity (Wildman–Crippen MR) is 89.4 cm³/mol. The van der Waals surface area contributed by atoms with Gasteiger partial charge in [0.05, 0.1) is 24.8 Å². The molecule has 1 N–H and O–H groups in total. The van der Waals surface area contributed by atoms with Crippen molar-refractivity contribution >= 4 is 16.9 Å². The van der Waals surface area contributed by atoms with Gasteiger partial charge in [-0.25, -0.2) is 0 Å². The Labute approximate surface area is 136 Å². The molecule has 5 nitrogen and oxygen atoms in total. The molecule has 1 aliphatic rings. The first kappa shape index (κ1) is 16.0. The number of aryl methyl sites for hydroxylation is 1. The zero-order chi connectivity index (χ0) is 16.6. The van der Waals surface area contributed by atoms with E-state index < -0.39 is 5.60 Å². The smallest absolute Gasteiger partial charge is 0.227 e. The van der Waals surface area contributed by atoms with E-state index in [1.54, 1.807) is 11.2 Å². The first-order chi connectivity index (χ1) is 10.9. The number of hydrogen-bond donors (Lipinski definition) is 1. The molecule has 2 aromatic rings. The number of likely N-dealkylation sites (N-methyl/N-ethyl adjacent to an activating group) is 1. The molecule has 0 radical (unpaired) electrons. The van der Waals surface area contributed by atoms with E-state index in [1.165, 1.54) is 0 Å². The number of carbonyl (C=O) groups is 1. The van der Waals surface area contributed by atoms with Crippen LogP contribution < -0.4 is 0 Å². The average molecular weight is 316 g/mol. The van der Waals surface area contributed by atoms with Crippen molar-refractivity contribution in [2.75, 3.05) is 33.7 Å². The van der Waals surface area contributed by atoms with Crippen LogP contribution in [0, 0.1) is 6.92 Å². The van der Waals surface area contributed by atoms with Gasteiger partial charge in [0.15, 0.2) is 0 Å². The normalized spacial score (nSPS) is 21.5. The van der Waals surface area contributed by atoms with E-state index in [9.17, 15) is 9.90 Å². The Morgan fingerprint density at radius 2 is 2.22 bits per heavy atom. The molecule has 0 bridgehead atoms. The Hall–Kier alpha value is -1.85. The Bertz CT molecular complexity index is 722. The highest BCUT2D eigenvalue weighted by atomic mass is 16.3. The van der Waals surface area contributed by atoms with Crippen LogP contribution in [-0.2, 0) is 11.2 Å². The standard InChI is InChI=1S/C18H24N2O3/c1-13-4-5-15-14(10-23-16(15)8-13)9-17(21)20-7-6-18(22,12-20)11-19(2)3/h4-5,8,10,22H,6-7,9,11-12H2,1-3H3/t18-/m1/s1. The van der Waals surface area contributed by atoms with Gasteiger partial charge in [-0.05, 0) is 39.1 Å².